The summed E-state index contributed by atoms with van der Waals surface area (Å²) in [5.41, 5.74) is 2.32. The third kappa shape index (κ3) is 1.93. The van der Waals surface area contributed by atoms with Gasteiger partial charge in [-0.15, -0.1) is 0 Å². The van der Waals surface area contributed by atoms with Crippen LogP contribution in [0.5, 0.6) is 0 Å². The molecule has 0 aliphatic heterocycles. The van der Waals surface area contributed by atoms with Gasteiger partial charge in [0.2, 0.25) is 0 Å². The lowest BCUT2D eigenvalue weighted by Gasteiger charge is -1.96. The molecule has 0 spiro atoms. The predicted molar refractivity (Wildman–Crippen MR) is 39.2 cm³/mol. The first-order chi connectivity index (χ1) is 5.54. The summed E-state index contributed by atoms with van der Waals surface area (Å²) in [6.07, 6.45) is 0. The largest absolute Gasteiger partial charge is 0.294 e. The lowest BCUT2D eigenvalue weighted by atomic mass is 10.3. The van der Waals surface area contributed by atoms with Crippen LogP contribution in [0.15, 0.2) is 29.2 Å². The van der Waals surface area contributed by atoms with Crippen molar-refractivity contribution < 1.29 is 17.5 Å². The molecule has 4 nitrogen and oxygen atoms in total. The Morgan fingerprint density at radius 2 is 1.75 bits per heavy atom. The van der Waals surface area contributed by atoms with E-state index in [1.54, 1.807) is 0 Å². The molecule has 1 aromatic carbocycles. The van der Waals surface area contributed by atoms with E-state index in [-0.39, 0.29) is 10.6 Å². The molecule has 6 heteroatoms. The van der Waals surface area contributed by atoms with Crippen molar-refractivity contribution >= 4 is 15.8 Å². The van der Waals surface area contributed by atoms with Crippen molar-refractivity contribution in [1.29, 1.82) is 0 Å². The summed E-state index contributed by atoms with van der Waals surface area (Å²) < 4.78 is 41.0. The van der Waals surface area contributed by atoms with Crippen LogP contribution in [-0.4, -0.2) is 13.0 Å². The zero-order chi connectivity index (χ0) is 9.19. The van der Waals surface area contributed by atoms with Crippen LogP contribution < -0.4 is 5.54 Å². The molecule has 1 radical (unpaired) electrons. The monoisotopic (exact) mass is 190 g/mol. The molecule has 1 N–H and O–H groups in total. The number of nitrogens with zero attached hydrogens (tertiary/aromatic N) is 1. The van der Waals surface area contributed by atoms with Gasteiger partial charge < -0.3 is 0 Å². The molecule has 1 aromatic rings. The van der Waals surface area contributed by atoms with Crippen LogP contribution in [0.1, 0.15) is 0 Å². The van der Waals surface area contributed by atoms with E-state index in [9.17, 15) is 12.9 Å². The summed E-state index contributed by atoms with van der Waals surface area (Å²) in [5, 5.41) is 0. The van der Waals surface area contributed by atoms with Gasteiger partial charge in [0.15, 0.2) is 0 Å². The first kappa shape index (κ1) is 8.95. The molecule has 0 amide bonds. The third-order valence-corrected chi connectivity index (χ3v) is 2.10. The van der Waals surface area contributed by atoms with Crippen LogP contribution in [-0.2, 0) is 10.1 Å². The maximum Gasteiger partial charge on any atom is 0.294 e. The van der Waals surface area contributed by atoms with Crippen molar-refractivity contribution in [3.8, 4) is 0 Å². The topological polar surface area (TPSA) is 68.5 Å². The van der Waals surface area contributed by atoms with Crippen LogP contribution in [0.25, 0.3) is 0 Å². The third-order valence-electron chi connectivity index (χ3n) is 1.23. The van der Waals surface area contributed by atoms with Crippen molar-refractivity contribution in [3.05, 3.63) is 24.3 Å². The summed E-state index contributed by atoms with van der Waals surface area (Å²) in [7, 11) is -4.19. The zero-order valence-corrected chi connectivity index (χ0v) is 6.62. The number of benzene rings is 1. The Morgan fingerprint density at radius 1 is 1.25 bits per heavy atom. The van der Waals surface area contributed by atoms with E-state index in [1.165, 1.54) is 0 Å². The van der Waals surface area contributed by atoms with Gasteiger partial charge in [0, 0.05) is 0 Å². The summed E-state index contributed by atoms with van der Waals surface area (Å²) in [5.74, 6) is 0. The van der Waals surface area contributed by atoms with Gasteiger partial charge >= 0.3 is 0 Å². The molecule has 0 saturated heterocycles. The molecule has 0 fully saturated rings. The van der Waals surface area contributed by atoms with E-state index >= 15 is 0 Å². The Kier molecular flexibility index (Phi) is 2.30. The normalized spacial score (nSPS) is 11.2. The second-order valence-corrected chi connectivity index (χ2v) is 3.48. The van der Waals surface area contributed by atoms with Gasteiger partial charge in [-0.2, -0.15) is 8.42 Å². The van der Waals surface area contributed by atoms with Crippen molar-refractivity contribution in [2.45, 2.75) is 4.90 Å². The average molecular weight is 190 g/mol. The van der Waals surface area contributed by atoms with Gasteiger partial charge in [0.25, 0.3) is 10.1 Å². The summed E-state index contributed by atoms with van der Waals surface area (Å²) in [6.45, 7) is 0. The lowest BCUT2D eigenvalue weighted by molar-refractivity contribution is 0.402. The fourth-order valence-corrected chi connectivity index (χ4v) is 1.15. The molecule has 0 saturated carbocycles. The number of rotatable bonds is 2. The summed E-state index contributed by atoms with van der Waals surface area (Å²) in [6, 6.07) is 4.41. The number of hydrogen-bond donors (Lipinski definition) is 1. The zero-order valence-electron chi connectivity index (χ0n) is 5.81. The molecule has 0 bridgehead atoms. The van der Waals surface area contributed by atoms with E-state index in [2.05, 4.69) is 5.54 Å². The number of halogens is 1. The predicted octanol–water partition coefficient (Wildman–Crippen LogP) is 1.05. The second-order valence-electron chi connectivity index (χ2n) is 2.05. The van der Waals surface area contributed by atoms with Gasteiger partial charge in [0.1, 0.15) is 0 Å². The Balaban J connectivity index is 3.09. The average Bonchev–Trinajstić information content (AvgIpc) is 2.03. The van der Waals surface area contributed by atoms with E-state index in [0.29, 0.717) is 0 Å². The van der Waals surface area contributed by atoms with Gasteiger partial charge in [0.05, 0.1) is 10.6 Å². The summed E-state index contributed by atoms with van der Waals surface area (Å²) in [4.78, 5) is -0.282. The Hall–Kier alpha value is -1.14. The van der Waals surface area contributed by atoms with E-state index < -0.39 is 10.1 Å². The molecular weight excluding hydrogens is 185 g/mol. The second kappa shape index (κ2) is 3.08. The lowest BCUT2D eigenvalue weighted by Crippen LogP contribution is -1.97. The molecule has 0 unspecified atom stereocenters. The fourth-order valence-electron chi connectivity index (χ4n) is 0.674. The van der Waals surface area contributed by atoms with Crippen molar-refractivity contribution in [1.82, 2.24) is 5.54 Å². The smallest absolute Gasteiger partial charge is 0.282 e. The van der Waals surface area contributed by atoms with Gasteiger partial charge in [-0.25, -0.2) is 0 Å². The highest BCUT2D eigenvalue weighted by molar-refractivity contribution is 7.85. The van der Waals surface area contributed by atoms with Crippen LogP contribution in [0.4, 0.5) is 10.2 Å². The minimum absolute atomic E-state index is 0.00222. The maximum absolute atomic E-state index is 11.6. The first-order valence-electron chi connectivity index (χ1n) is 2.93. The Morgan fingerprint density at radius 3 is 2.08 bits per heavy atom. The minimum Gasteiger partial charge on any atom is -0.282 e. The standard InChI is InChI=1S/C6H5FNO3S/c7-8-5-1-3-6(4-2-5)12(9,10)11/h1-4H,(H,9,10,11). The van der Waals surface area contributed by atoms with Crippen molar-refractivity contribution in [2.24, 2.45) is 0 Å². The molecular formula is C6H5FNO3S. The van der Waals surface area contributed by atoms with Gasteiger partial charge in [-0.05, 0) is 24.3 Å². The highest BCUT2D eigenvalue weighted by Crippen LogP contribution is 2.13. The quantitative estimate of drug-likeness (QED) is 0.709. The van der Waals surface area contributed by atoms with Crippen LogP contribution in [0.3, 0.4) is 0 Å². The Labute approximate surface area is 68.7 Å². The molecule has 0 aromatic heterocycles. The number of hydrogen-bond acceptors (Lipinski definition) is 2. The van der Waals surface area contributed by atoms with Crippen LogP contribution in [0.2, 0.25) is 0 Å². The first-order valence-corrected chi connectivity index (χ1v) is 4.37. The summed E-state index contributed by atoms with van der Waals surface area (Å²) >= 11 is 0. The fraction of sp³-hybridized carbons (Fsp3) is 0. The van der Waals surface area contributed by atoms with E-state index in [1.807, 2.05) is 0 Å². The van der Waals surface area contributed by atoms with Crippen LogP contribution >= 0.6 is 0 Å². The van der Waals surface area contributed by atoms with Crippen LogP contribution in [0, 0.1) is 0 Å². The van der Waals surface area contributed by atoms with Gasteiger partial charge in [-0.3, -0.25) is 4.55 Å². The molecule has 0 heterocycles. The highest BCUT2D eigenvalue weighted by Gasteiger charge is 2.08. The molecule has 0 aliphatic rings. The SMILES string of the molecule is O=S(=O)(O)c1ccc([N]F)cc1. The van der Waals surface area contributed by atoms with E-state index in [0.717, 1.165) is 24.3 Å². The van der Waals surface area contributed by atoms with Crippen molar-refractivity contribution in [3.63, 3.8) is 0 Å². The van der Waals surface area contributed by atoms with E-state index in [4.69, 9.17) is 4.55 Å². The molecule has 12 heavy (non-hydrogen) atoms. The molecule has 1 rings (SSSR count). The van der Waals surface area contributed by atoms with Gasteiger partial charge in [-0.1, -0.05) is 10.0 Å². The molecule has 0 atom stereocenters. The Bertz CT molecular complexity index is 359. The van der Waals surface area contributed by atoms with Crippen molar-refractivity contribution in [2.75, 3.05) is 0 Å². The highest BCUT2D eigenvalue weighted by atomic mass is 32.2. The minimum atomic E-state index is -4.19. The maximum atomic E-state index is 11.6. The molecule has 65 valence electrons. The molecule has 0 aliphatic carbocycles.